The minimum atomic E-state index is -0.287. The molecule has 1 aliphatic heterocycles. The summed E-state index contributed by atoms with van der Waals surface area (Å²) in [4.78, 5) is 15.4. The largest absolute Gasteiger partial charge is 0.378 e. The van der Waals surface area contributed by atoms with E-state index in [0.717, 1.165) is 43.5 Å². The van der Waals surface area contributed by atoms with Gasteiger partial charge in [-0.15, -0.1) is 10.2 Å². The zero-order valence-electron chi connectivity index (χ0n) is 19.5. The van der Waals surface area contributed by atoms with Crippen LogP contribution in [0, 0.1) is 0 Å². The van der Waals surface area contributed by atoms with Gasteiger partial charge in [-0.05, 0) is 42.9 Å². The normalized spacial score (nSPS) is 18.9. The molecule has 2 unspecified atom stereocenters. The van der Waals surface area contributed by atoms with E-state index in [4.69, 9.17) is 4.74 Å². The topological polar surface area (TPSA) is 72.3 Å². The van der Waals surface area contributed by atoms with Gasteiger partial charge >= 0.3 is 0 Å². The Bertz CT molecular complexity index is 1110. The molecule has 2 aliphatic rings. The Morgan fingerprint density at radius 3 is 2.71 bits per heavy atom. The second kappa shape index (κ2) is 10.6. The van der Waals surface area contributed by atoms with Crippen LogP contribution in [-0.2, 0) is 22.5 Å². The molecular weight excluding hydrogens is 446 g/mol. The highest BCUT2D eigenvalue weighted by molar-refractivity contribution is 8.00. The third-order valence-electron chi connectivity index (χ3n) is 6.51. The first-order chi connectivity index (χ1) is 16.7. The van der Waals surface area contributed by atoms with Gasteiger partial charge in [0.05, 0.1) is 31.1 Å². The van der Waals surface area contributed by atoms with E-state index in [2.05, 4.69) is 61.4 Å². The average molecular weight is 478 g/mol. The van der Waals surface area contributed by atoms with Gasteiger partial charge in [0.1, 0.15) is 0 Å². The summed E-state index contributed by atoms with van der Waals surface area (Å²) in [7, 11) is 0. The molecule has 0 radical (unpaired) electrons. The second-order valence-electron chi connectivity index (χ2n) is 8.87. The Kier molecular flexibility index (Phi) is 7.16. The molecule has 0 saturated carbocycles. The molecule has 8 heteroatoms. The standard InChI is InChI=1S/C26H31N5O2S/c1-19(24(32)27-23-13-7-11-21-10-5-6-12-22(21)23)34-26-29-28-25(30-14-16-33-17-15-30)31(26)18-20-8-3-2-4-9-20/h2-6,8-10,12,19,23H,7,11,13-18H2,1H3,(H,27,32). The number of rotatable bonds is 7. The van der Waals surface area contributed by atoms with E-state index in [9.17, 15) is 4.79 Å². The summed E-state index contributed by atoms with van der Waals surface area (Å²) >= 11 is 1.47. The average Bonchev–Trinajstić information content (AvgIpc) is 3.27. The van der Waals surface area contributed by atoms with Crippen molar-refractivity contribution in [3.8, 4) is 0 Å². The van der Waals surface area contributed by atoms with Gasteiger partial charge in [0.25, 0.3) is 0 Å². The minimum Gasteiger partial charge on any atom is -0.378 e. The number of carbonyl (C=O) groups excluding carboxylic acids is 1. The number of fused-ring (bicyclic) bond motifs is 1. The van der Waals surface area contributed by atoms with Gasteiger partial charge in [-0.1, -0.05) is 66.4 Å². The van der Waals surface area contributed by atoms with E-state index in [1.54, 1.807) is 0 Å². The Balaban J connectivity index is 1.33. The highest BCUT2D eigenvalue weighted by Gasteiger charge is 2.27. The lowest BCUT2D eigenvalue weighted by Gasteiger charge is -2.28. The van der Waals surface area contributed by atoms with Crippen LogP contribution in [0.25, 0.3) is 0 Å². The second-order valence-corrected chi connectivity index (χ2v) is 10.2. The number of hydrogen-bond acceptors (Lipinski definition) is 6. The fraction of sp³-hybridized carbons (Fsp3) is 0.423. The molecule has 0 bridgehead atoms. The molecule has 178 valence electrons. The van der Waals surface area contributed by atoms with E-state index in [-0.39, 0.29) is 17.2 Å². The molecule has 3 aromatic rings. The van der Waals surface area contributed by atoms with Crippen molar-refractivity contribution in [2.24, 2.45) is 0 Å². The number of morpholine rings is 1. The van der Waals surface area contributed by atoms with Crippen molar-refractivity contribution in [3.05, 3.63) is 71.3 Å². The predicted octanol–water partition coefficient (Wildman–Crippen LogP) is 3.84. The van der Waals surface area contributed by atoms with Gasteiger partial charge in [0, 0.05) is 13.1 Å². The Morgan fingerprint density at radius 1 is 1.12 bits per heavy atom. The SMILES string of the molecule is CC(Sc1nnc(N2CCOCC2)n1Cc1ccccc1)C(=O)NC1CCCc2ccccc21. The number of thioether (sulfide) groups is 1. The van der Waals surface area contributed by atoms with Crippen molar-refractivity contribution < 1.29 is 9.53 Å². The summed E-state index contributed by atoms with van der Waals surface area (Å²) in [6.07, 6.45) is 3.16. The van der Waals surface area contributed by atoms with Crippen LogP contribution in [0.2, 0.25) is 0 Å². The van der Waals surface area contributed by atoms with Crippen LogP contribution in [0.1, 0.15) is 42.5 Å². The van der Waals surface area contributed by atoms with Crippen LogP contribution >= 0.6 is 11.8 Å². The van der Waals surface area contributed by atoms with Crippen molar-refractivity contribution in [3.63, 3.8) is 0 Å². The number of hydrogen-bond donors (Lipinski definition) is 1. The molecule has 0 spiro atoms. The quantitative estimate of drug-likeness (QED) is 0.522. The predicted molar refractivity (Wildman–Crippen MR) is 134 cm³/mol. The van der Waals surface area contributed by atoms with Gasteiger partial charge in [0.2, 0.25) is 11.9 Å². The summed E-state index contributed by atoms with van der Waals surface area (Å²) in [6.45, 7) is 5.55. The lowest BCUT2D eigenvalue weighted by Crippen LogP contribution is -2.38. The zero-order valence-corrected chi connectivity index (χ0v) is 20.3. The molecule has 1 amide bonds. The lowest BCUT2D eigenvalue weighted by atomic mass is 9.88. The first kappa shape index (κ1) is 22.9. The molecule has 1 aliphatic carbocycles. The lowest BCUT2D eigenvalue weighted by molar-refractivity contribution is -0.121. The van der Waals surface area contributed by atoms with Crippen LogP contribution in [0.15, 0.2) is 59.8 Å². The summed E-state index contributed by atoms with van der Waals surface area (Å²) in [6, 6.07) is 18.8. The van der Waals surface area contributed by atoms with Crippen molar-refractivity contribution in [2.45, 2.75) is 49.2 Å². The summed E-state index contributed by atoms with van der Waals surface area (Å²) in [5.41, 5.74) is 3.77. The van der Waals surface area contributed by atoms with E-state index < -0.39 is 0 Å². The number of aryl methyl sites for hydroxylation is 1. The van der Waals surface area contributed by atoms with Crippen LogP contribution in [0.3, 0.4) is 0 Å². The maximum absolute atomic E-state index is 13.2. The monoisotopic (exact) mass is 477 g/mol. The van der Waals surface area contributed by atoms with E-state index in [0.29, 0.717) is 19.8 Å². The summed E-state index contributed by atoms with van der Waals surface area (Å²) < 4.78 is 7.65. The number of benzene rings is 2. The molecule has 1 saturated heterocycles. The molecule has 1 aromatic heterocycles. The highest BCUT2D eigenvalue weighted by atomic mass is 32.2. The van der Waals surface area contributed by atoms with Crippen LogP contribution in [0.5, 0.6) is 0 Å². The smallest absolute Gasteiger partial charge is 0.233 e. The van der Waals surface area contributed by atoms with E-state index >= 15 is 0 Å². The van der Waals surface area contributed by atoms with Crippen LogP contribution in [0.4, 0.5) is 5.95 Å². The fourth-order valence-corrected chi connectivity index (χ4v) is 5.53. The molecule has 34 heavy (non-hydrogen) atoms. The van der Waals surface area contributed by atoms with E-state index in [1.165, 1.54) is 28.5 Å². The van der Waals surface area contributed by atoms with E-state index in [1.807, 2.05) is 25.1 Å². The van der Waals surface area contributed by atoms with Gasteiger partial charge in [0.15, 0.2) is 5.16 Å². The summed E-state index contributed by atoms with van der Waals surface area (Å²) in [5, 5.41) is 12.8. The van der Waals surface area contributed by atoms with Crippen molar-refractivity contribution >= 4 is 23.6 Å². The number of amides is 1. The number of nitrogens with zero attached hydrogens (tertiary/aromatic N) is 4. The van der Waals surface area contributed by atoms with Gasteiger partial charge in [-0.3, -0.25) is 9.36 Å². The number of ether oxygens (including phenoxy) is 1. The maximum atomic E-state index is 13.2. The zero-order chi connectivity index (χ0) is 23.3. The molecule has 5 rings (SSSR count). The molecule has 1 N–H and O–H groups in total. The Hall–Kier alpha value is -2.84. The molecular formula is C26H31N5O2S. The third-order valence-corrected chi connectivity index (χ3v) is 7.59. The van der Waals surface area contributed by atoms with Crippen LogP contribution < -0.4 is 10.2 Å². The highest BCUT2D eigenvalue weighted by Crippen LogP contribution is 2.31. The van der Waals surface area contributed by atoms with Gasteiger partial charge < -0.3 is 15.0 Å². The van der Waals surface area contributed by atoms with Crippen molar-refractivity contribution in [2.75, 3.05) is 31.2 Å². The first-order valence-corrected chi connectivity index (χ1v) is 12.9. The third kappa shape index (κ3) is 5.13. The molecule has 2 heterocycles. The van der Waals surface area contributed by atoms with Gasteiger partial charge in [-0.25, -0.2) is 0 Å². The minimum absolute atomic E-state index is 0.0360. The number of aromatic nitrogens is 3. The van der Waals surface area contributed by atoms with Crippen molar-refractivity contribution in [1.82, 2.24) is 20.1 Å². The molecule has 1 fully saturated rings. The number of nitrogens with one attached hydrogen (secondary N) is 1. The molecule has 2 aromatic carbocycles. The Morgan fingerprint density at radius 2 is 1.88 bits per heavy atom. The fourth-order valence-electron chi connectivity index (χ4n) is 4.67. The first-order valence-electron chi connectivity index (χ1n) is 12.0. The van der Waals surface area contributed by atoms with Gasteiger partial charge in [-0.2, -0.15) is 0 Å². The Labute approximate surface area is 204 Å². The van der Waals surface area contributed by atoms with Crippen molar-refractivity contribution in [1.29, 1.82) is 0 Å². The number of carbonyl (C=O) groups is 1. The molecule has 2 atom stereocenters. The summed E-state index contributed by atoms with van der Waals surface area (Å²) in [5.74, 6) is 0.873. The maximum Gasteiger partial charge on any atom is 0.233 e. The number of anilines is 1. The van der Waals surface area contributed by atoms with Crippen LogP contribution in [-0.4, -0.2) is 52.2 Å². The molecule has 7 nitrogen and oxygen atoms in total.